The lowest BCUT2D eigenvalue weighted by Gasteiger charge is -2.34. The van der Waals surface area contributed by atoms with E-state index in [0.717, 1.165) is 23.7 Å². The van der Waals surface area contributed by atoms with Crippen molar-refractivity contribution in [3.05, 3.63) is 30.0 Å². The standard InChI is InChI=1S/C19H21N5O3S2/c1-26-16-11-14(20-18(22-16)27-2)17(25)23-6-8-24(9-7-23)19-21-13-5-4-12(28-3)10-15(13)29-19/h4-5,10-11H,6-9H2,1-3H3. The fourth-order valence-electron chi connectivity index (χ4n) is 3.13. The number of hydrogen-bond donors (Lipinski definition) is 0. The molecule has 3 aromatic rings. The van der Waals surface area contributed by atoms with Gasteiger partial charge in [0, 0.05) is 37.1 Å². The largest absolute Gasteiger partial charge is 0.481 e. The van der Waals surface area contributed by atoms with Gasteiger partial charge in [0.05, 0.1) is 24.4 Å². The summed E-state index contributed by atoms with van der Waals surface area (Å²) in [4.78, 5) is 31.1. The minimum absolute atomic E-state index is 0.116. The van der Waals surface area contributed by atoms with Gasteiger partial charge in [-0.15, -0.1) is 11.8 Å². The zero-order chi connectivity index (χ0) is 20.4. The summed E-state index contributed by atoms with van der Waals surface area (Å²) in [5.41, 5.74) is 1.29. The highest BCUT2D eigenvalue weighted by molar-refractivity contribution is 7.98. The Morgan fingerprint density at radius 2 is 1.86 bits per heavy atom. The number of hydrogen-bond acceptors (Lipinski definition) is 9. The van der Waals surface area contributed by atoms with Gasteiger partial charge in [-0.25, -0.2) is 4.98 Å². The number of aromatic nitrogens is 3. The first-order chi connectivity index (χ1) is 14.1. The monoisotopic (exact) mass is 431 g/mol. The van der Waals surface area contributed by atoms with E-state index in [0.29, 0.717) is 19.0 Å². The number of piperazine rings is 1. The molecule has 0 aliphatic carbocycles. The Labute approximate surface area is 176 Å². The van der Waals surface area contributed by atoms with Gasteiger partial charge < -0.3 is 19.3 Å². The van der Waals surface area contributed by atoms with Crippen molar-refractivity contribution in [2.24, 2.45) is 0 Å². The first-order valence-corrected chi connectivity index (χ1v) is 11.1. The van der Waals surface area contributed by atoms with E-state index in [4.69, 9.17) is 14.5 Å². The van der Waals surface area contributed by atoms with E-state index in [1.165, 1.54) is 29.9 Å². The van der Waals surface area contributed by atoms with Crippen molar-refractivity contribution in [1.29, 1.82) is 0 Å². The lowest BCUT2D eigenvalue weighted by molar-refractivity contribution is 0.0739. The summed E-state index contributed by atoms with van der Waals surface area (Å²) in [6.07, 6.45) is 2.07. The second kappa shape index (κ2) is 8.42. The summed E-state index contributed by atoms with van der Waals surface area (Å²) in [7, 11) is 2.96. The highest BCUT2D eigenvalue weighted by atomic mass is 32.2. The van der Waals surface area contributed by atoms with Crippen molar-refractivity contribution >= 4 is 44.4 Å². The number of methoxy groups -OCH3 is 2. The first-order valence-electron chi connectivity index (χ1n) is 9.07. The Morgan fingerprint density at radius 3 is 2.55 bits per heavy atom. The van der Waals surface area contributed by atoms with E-state index >= 15 is 0 Å². The molecule has 0 bridgehead atoms. The van der Waals surface area contributed by atoms with Crippen molar-refractivity contribution < 1.29 is 14.3 Å². The molecule has 10 heteroatoms. The van der Waals surface area contributed by atoms with Crippen LogP contribution in [-0.4, -0.2) is 72.4 Å². The molecule has 0 unspecified atom stereocenters. The number of benzene rings is 1. The Kier molecular flexibility index (Phi) is 5.72. The van der Waals surface area contributed by atoms with E-state index in [-0.39, 0.29) is 17.6 Å². The molecule has 0 spiro atoms. The number of nitrogens with zero attached hydrogens (tertiary/aromatic N) is 5. The number of carbonyl (C=O) groups is 1. The van der Waals surface area contributed by atoms with Crippen molar-refractivity contribution in [2.75, 3.05) is 51.6 Å². The summed E-state index contributed by atoms with van der Waals surface area (Å²) in [6, 6.07) is 7.99. The molecule has 0 saturated carbocycles. The number of rotatable bonds is 5. The topological polar surface area (TPSA) is 80.7 Å². The van der Waals surface area contributed by atoms with Crippen LogP contribution in [0.4, 0.5) is 5.13 Å². The van der Waals surface area contributed by atoms with Crippen LogP contribution < -0.4 is 14.4 Å². The maximum absolute atomic E-state index is 12.9. The third-order valence-corrected chi connectivity index (χ3v) is 6.52. The average molecular weight is 432 g/mol. The lowest BCUT2D eigenvalue weighted by Crippen LogP contribution is -2.49. The molecule has 1 aromatic carbocycles. The van der Waals surface area contributed by atoms with Crippen LogP contribution in [0.15, 0.2) is 29.2 Å². The van der Waals surface area contributed by atoms with Gasteiger partial charge in [-0.05, 0) is 24.5 Å². The quantitative estimate of drug-likeness (QED) is 0.571. The third kappa shape index (κ3) is 4.08. The van der Waals surface area contributed by atoms with Gasteiger partial charge in [-0.3, -0.25) is 4.79 Å². The fourth-order valence-corrected chi connectivity index (χ4v) is 4.70. The molecule has 2 aromatic heterocycles. The van der Waals surface area contributed by atoms with Crippen LogP contribution >= 0.6 is 23.1 Å². The molecule has 1 aliphatic rings. The number of amides is 1. The fraction of sp³-hybridized carbons (Fsp3) is 0.368. The van der Waals surface area contributed by atoms with Crippen LogP contribution in [0.25, 0.3) is 10.2 Å². The zero-order valence-corrected chi connectivity index (χ0v) is 18.0. The summed E-state index contributed by atoms with van der Waals surface area (Å²) in [5.74, 6) is 0.149. The maximum atomic E-state index is 12.9. The lowest BCUT2D eigenvalue weighted by atomic mass is 10.2. The highest BCUT2D eigenvalue weighted by Crippen LogP contribution is 2.32. The smallest absolute Gasteiger partial charge is 0.320 e. The van der Waals surface area contributed by atoms with Crippen LogP contribution in [-0.2, 0) is 0 Å². The number of ether oxygens (including phenoxy) is 2. The predicted molar refractivity (Wildman–Crippen MR) is 115 cm³/mol. The predicted octanol–water partition coefficient (Wildman–Crippen LogP) is 2.79. The molecule has 8 nitrogen and oxygen atoms in total. The molecular formula is C19H21N5O3S2. The van der Waals surface area contributed by atoms with E-state index in [9.17, 15) is 4.79 Å². The van der Waals surface area contributed by atoms with E-state index in [2.05, 4.69) is 39.3 Å². The van der Waals surface area contributed by atoms with Crippen LogP contribution in [0.5, 0.6) is 11.9 Å². The normalized spacial score (nSPS) is 14.3. The summed E-state index contributed by atoms with van der Waals surface area (Å²) in [6.45, 7) is 2.64. The Bertz CT molecular complexity index is 1010. The van der Waals surface area contributed by atoms with E-state index in [1.807, 2.05) is 0 Å². The molecule has 0 atom stereocenters. The molecule has 4 rings (SSSR count). The van der Waals surface area contributed by atoms with Gasteiger partial charge in [-0.1, -0.05) is 11.3 Å². The Balaban J connectivity index is 1.46. The number of fused-ring (bicyclic) bond motifs is 1. The van der Waals surface area contributed by atoms with Gasteiger partial charge in [-0.2, -0.15) is 9.97 Å². The van der Waals surface area contributed by atoms with Crippen LogP contribution in [0.1, 0.15) is 10.5 Å². The van der Waals surface area contributed by atoms with E-state index in [1.54, 1.807) is 28.0 Å². The first kappa shape index (κ1) is 19.7. The van der Waals surface area contributed by atoms with Gasteiger partial charge in [0.2, 0.25) is 5.88 Å². The minimum Gasteiger partial charge on any atom is -0.481 e. The van der Waals surface area contributed by atoms with Crippen LogP contribution in [0, 0.1) is 0 Å². The van der Waals surface area contributed by atoms with Gasteiger partial charge in [0.15, 0.2) is 5.13 Å². The molecule has 3 heterocycles. The van der Waals surface area contributed by atoms with Crippen molar-refractivity contribution in [2.45, 2.75) is 4.90 Å². The Morgan fingerprint density at radius 1 is 1.07 bits per heavy atom. The maximum Gasteiger partial charge on any atom is 0.320 e. The molecule has 29 heavy (non-hydrogen) atoms. The van der Waals surface area contributed by atoms with Gasteiger partial charge >= 0.3 is 6.01 Å². The van der Waals surface area contributed by atoms with Crippen LogP contribution in [0.2, 0.25) is 0 Å². The van der Waals surface area contributed by atoms with Gasteiger partial charge in [0.1, 0.15) is 5.69 Å². The highest BCUT2D eigenvalue weighted by Gasteiger charge is 2.25. The molecule has 1 fully saturated rings. The number of thiazole rings is 1. The average Bonchev–Trinajstić information content (AvgIpc) is 3.21. The van der Waals surface area contributed by atoms with E-state index < -0.39 is 0 Å². The molecule has 1 aliphatic heterocycles. The zero-order valence-electron chi connectivity index (χ0n) is 16.4. The Hall–Kier alpha value is -2.59. The number of carbonyl (C=O) groups excluding carboxylic acids is 1. The summed E-state index contributed by atoms with van der Waals surface area (Å²) >= 11 is 3.42. The molecule has 152 valence electrons. The molecule has 1 amide bonds. The number of thioether (sulfide) groups is 1. The minimum atomic E-state index is -0.155. The van der Waals surface area contributed by atoms with Crippen molar-refractivity contribution in [1.82, 2.24) is 19.9 Å². The summed E-state index contributed by atoms with van der Waals surface area (Å²) < 4.78 is 11.4. The molecular weight excluding hydrogens is 410 g/mol. The SMILES string of the molecule is COc1cc(C(=O)N2CCN(c3nc4ccc(SC)cc4s3)CC2)nc(OC)n1. The second-order valence-corrected chi connectivity index (χ2v) is 8.28. The van der Waals surface area contributed by atoms with Gasteiger partial charge in [0.25, 0.3) is 5.91 Å². The van der Waals surface area contributed by atoms with Crippen molar-refractivity contribution in [3.63, 3.8) is 0 Å². The second-order valence-electron chi connectivity index (χ2n) is 6.39. The molecule has 0 N–H and O–H groups in total. The summed E-state index contributed by atoms with van der Waals surface area (Å²) in [5, 5.41) is 0.996. The third-order valence-electron chi connectivity index (χ3n) is 4.71. The molecule has 1 saturated heterocycles. The van der Waals surface area contributed by atoms with Crippen molar-refractivity contribution in [3.8, 4) is 11.9 Å². The molecule has 0 radical (unpaired) electrons. The number of anilines is 1. The van der Waals surface area contributed by atoms with Crippen LogP contribution in [0.3, 0.4) is 0 Å².